The summed E-state index contributed by atoms with van der Waals surface area (Å²) in [6.07, 6.45) is 2.65. The number of carbonyl (C=O) groups excluding carboxylic acids is 2. The smallest absolute Gasteiger partial charge is 0.420 e. The molecule has 0 bridgehead atoms. The molecule has 0 unspecified atom stereocenters. The molecule has 2 amide bonds. The molecule has 1 fully saturated rings. The summed E-state index contributed by atoms with van der Waals surface area (Å²) in [6, 6.07) is 12.9. The minimum Gasteiger partial charge on any atom is -0.444 e. The lowest BCUT2D eigenvalue weighted by Crippen LogP contribution is -2.36. The van der Waals surface area contributed by atoms with E-state index in [0.29, 0.717) is 18.1 Å². The second kappa shape index (κ2) is 9.18. The molecule has 0 radical (unpaired) electrons. The molecule has 1 aliphatic heterocycles. The minimum absolute atomic E-state index is 0.0990. The Balaban J connectivity index is 1.86. The van der Waals surface area contributed by atoms with Crippen molar-refractivity contribution in [3.63, 3.8) is 0 Å². The number of rotatable bonds is 3. The van der Waals surface area contributed by atoms with E-state index in [9.17, 15) is 9.59 Å². The van der Waals surface area contributed by atoms with E-state index in [1.165, 1.54) is 4.90 Å². The van der Waals surface area contributed by atoms with Crippen molar-refractivity contribution in [3.8, 4) is 0 Å². The van der Waals surface area contributed by atoms with Crippen LogP contribution in [-0.4, -0.2) is 39.8 Å². The summed E-state index contributed by atoms with van der Waals surface area (Å²) in [7, 11) is 0. The second-order valence-corrected chi connectivity index (χ2v) is 9.93. The topological polar surface area (TPSA) is 72.0 Å². The van der Waals surface area contributed by atoms with Gasteiger partial charge in [0.1, 0.15) is 17.0 Å². The van der Waals surface area contributed by atoms with Gasteiger partial charge in [-0.3, -0.25) is 0 Å². The van der Waals surface area contributed by atoms with Crippen LogP contribution in [-0.2, 0) is 9.47 Å². The van der Waals surface area contributed by atoms with Crippen molar-refractivity contribution in [3.05, 3.63) is 54.2 Å². The molecule has 172 valence electrons. The standard InChI is InChI=1S/C25H33N3O4/c1-24(2,3)31-22(29)27-16-10-13-20(27)18-14-15-21(26-17-18)28(19-11-8-7-9-12-19)23(30)32-25(4,5)6/h7-9,11-12,14-15,17,20H,10,13,16H2,1-6H3/t20-/m1/s1. The number of nitrogens with zero attached hydrogens (tertiary/aromatic N) is 3. The minimum atomic E-state index is -0.637. The summed E-state index contributed by atoms with van der Waals surface area (Å²) >= 11 is 0. The Bertz CT molecular complexity index is 930. The van der Waals surface area contributed by atoms with E-state index >= 15 is 0 Å². The van der Waals surface area contributed by atoms with E-state index in [0.717, 1.165) is 18.4 Å². The molecule has 1 aromatic carbocycles. The number of benzene rings is 1. The van der Waals surface area contributed by atoms with Crippen LogP contribution >= 0.6 is 0 Å². The average molecular weight is 440 g/mol. The fourth-order valence-electron chi connectivity index (χ4n) is 3.60. The van der Waals surface area contributed by atoms with Gasteiger partial charge in [0.15, 0.2) is 0 Å². The van der Waals surface area contributed by atoms with Crippen molar-refractivity contribution in [2.45, 2.75) is 71.6 Å². The van der Waals surface area contributed by atoms with Gasteiger partial charge in [0.05, 0.1) is 11.7 Å². The first-order valence-electron chi connectivity index (χ1n) is 11.0. The molecular weight excluding hydrogens is 406 g/mol. The van der Waals surface area contributed by atoms with Crippen LogP contribution < -0.4 is 4.90 Å². The maximum Gasteiger partial charge on any atom is 0.420 e. The van der Waals surface area contributed by atoms with E-state index in [1.807, 2.05) is 77.9 Å². The van der Waals surface area contributed by atoms with Crippen LogP contribution in [0.2, 0.25) is 0 Å². The molecule has 2 aromatic rings. The number of amides is 2. The van der Waals surface area contributed by atoms with Gasteiger partial charge in [-0.25, -0.2) is 19.5 Å². The molecule has 0 aliphatic carbocycles. The van der Waals surface area contributed by atoms with Gasteiger partial charge in [-0.05, 0) is 78.1 Å². The third-order valence-electron chi connectivity index (χ3n) is 4.86. The van der Waals surface area contributed by atoms with E-state index in [2.05, 4.69) is 4.98 Å². The molecule has 1 atom stereocenters. The van der Waals surface area contributed by atoms with E-state index in [1.54, 1.807) is 17.2 Å². The summed E-state index contributed by atoms with van der Waals surface area (Å²) in [5.74, 6) is 0.455. The molecule has 3 rings (SSSR count). The van der Waals surface area contributed by atoms with Gasteiger partial charge in [-0.15, -0.1) is 0 Å². The molecule has 1 aromatic heterocycles. The Morgan fingerprint density at radius 1 is 0.969 bits per heavy atom. The van der Waals surface area contributed by atoms with Gasteiger partial charge in [0.2, 0.25) is 0 Å². The quantitative estimate of drug-likeness (QED) is 0.567. The molecule has 0 spiro atoms. The molecular formula is C25H33N3O4. The van der Waals surface area contributed by atoms with Gasteiger partial charge >= 0.3 is 12.2 Å². The van der Waals surface area contributed by atoms with Gasteiger partial charge in [0, 0.05) is 12.7 Å². The Labute approximate surface area is 190 Å². The summed E-state index contributed by atoms with van der Waals surface area (Å²) in [6.45, 7) is 11.7. The number of carbonyl (C=O) groups is 2. The molecule has 7 heteroatoms. The van der Waals surface area contributed by atoms with Crippen LogP contribution in [0.5, 0.6) is 0 Å². The summed E-state index contributed by atoms with van der Waals surface area (Å²) in [4.78, 5) is 33.4. The van der Waals surface area contributed by atoms with E-state index < -0.39 is 17.3 Å². The van der Waals surface area contributed by atoms with Crippen LogP contribution in [0.4, 0.5) is 21.1 Å². The number of likely N-dealkylation sites (tertiary alicyclic amines) is 1. The molecule has 0 saturated carbocycles. The molecule has 7 nitrogen and oxygen atoms in total. The normalized spacial score (nSPS) is 16.6. The van der Waals surface area contributed by atoms with Gasteiger partial charge in [0.25, 0.3) is 0 Å². The number of hydrogen-bond acceptors (Lipinski definition) is 5. The first-order chi connectivity index (χ1) is 14.9. The highest BCUT2D eigenvalue weighted by Crippen LogP contribution is 2.34. The van der Waals surface area contributed by atoms with Gasteiger partial charge < -0.3 is 14.4 Å². The highest BCUT2D eigenvalue weighted by molar-refractivity contribution is 5.95. The third kappa shape index (κ3) is 5.99. The Morgan fingerprint density at radius 3 is 2.19 bits per heavy atom. The SMILES string of the molecule is CC(C)(C)OC(=O)N(c1ccccc1)c1ccc([C@H]2CCCN2C(=O)OC(C)(C)C)cn1. The largest absolute Gasteiger partial charge is 0.444 e. The lowest BCUT2D eigenvalue weighted by Gasteiger charge is -2.29. The molecule has 1 aliphatic rings. The van der Waals surface area contributed by atoms with Crippen molar-refractivity contribution in [2.24, 2.45) is 0 Å². The van der Waals surface area contributed by atoms with Crippen LogP contribution in [0.1, 0.15) is 66.0 Å². The predicted octanol–water partition coefficient (Wildman–Crippen LogP) is 6.23. The van der Waals surface area contributed by atoms with Crippen LogP contribution in [0.3, 0.4) is 0 Å². The molecule has 0 N–H and O–H groups in total. The lowest BCUT2D eigenvalue weighted by molar-refractivity contribution is 0.0224. The van der Waals surface area contributed by atoms with Crippen molar-refractivity contribution >= 4 is 23.7 Å². The number of aromatic nitrogens is 1. The zero-order chi connectivity index (χ0) is 23.5. The number of pyridine rings is 1. The van der Waals surface area contributed by atoms with Crippen LogP contribution in [0.15, 0.2) is 48.7 Å². The number of hydrogen-bond donors (Lipinski definition) is 0. The number of para-hydroxylation sites is 1. The third-order valence-corrected chi connectivity index (χ3v) is 4.86. The molecule has 1 saturated heterocycles. The van der Waals surface area contributed by atoms with E-state index in [4.69, 9.17) is 9.47 Å². The maximum atomic E-state index is 13.0. The Morgan fingerprint density at radius 2 is 1.62 bits per heavy atom. The van der Waals surface area contributed by atoms with Crippen molar-refractivity contribution in [2.75, 3.05) is 11.4 Å². The van der Waals surface area contributed by atoms with Gasteiger partial charge in [-0.2, -0.15) is 0 Å². The Hall–Kier alpha value is -3.09. The lowest BCUT2D eigenvalue weighted by atomic mass is 10.1. The first-order valence-corrected chi connectivity index (χ1v) is 11.0. The highest BCUT2D eigenvalue weighted by atomic mass is 16.6. The zero-order valence-corrected chi connectivity index (χ0v) is 19.8. The first kappa shape index (κ1) is 23.6. The number of ether oxygens (including phenoxy) is 2. The summed E-state index contributed by atoms with van der Waals surface area (Å²) in [5, 5.41) is 0. The zero-order valence-electron chi connectivity index (χ0n) is 19.8. The van der Waals surface area contributed by atoms with Crippen LogP contribution in [0.25, 0.3) is 0 Å². The number of anilines is 2. The van der Waals surface area contributed by atoms with Gasteiger partial charge in [-0.1, -0.05) is 24.3 Å². The predicted molar refractivity (Wildman–Crippen MR) is 124 cm³/mol. The second-order valence-electron chi connectivity index (χ2n) is 9.93. The van der Waals surface area contributed by atoms with Crippen LogP contribution in [0, 0.1) is 0 Å². The van der Waals surface area contributed by atoms with E-state index in [-0.39, 0.29) is 12.1 Å². The van der Waals surface area contributed by atoms with Crippen molar-refractivity contribution in [1.29, 1.82) is 0 Å². The maximum absolute atomic E-state index is 13.0. The Kier molecular flexibility index (Phi) is 6.77. The highest BCUT2D eigenvalue weighted by Gasteiger charge is 2.34. The fraction of sp³-hybridized carbons (Fsp3) is 0.480. The summed E-state index contributed by atoms with van der Waals surface area (Å²) < 4.78 is 11.2. The fourth-order valence-corrected chi connectivity index (χ4v) is 3.60. The molecule has 2 heterocycles. The monoisotopic (exact) mass is 439 g/mol. The van der Waals surface area contributed by atoms with Crippen molar-refractivity contribution in [1.82, 2.24) is 9.88 Å². The molecule has 32 heavy (non-hydrogen) atoms. The average Bonchev–Trinajstić information content (AvgIpc) is 3.17. The van der Waals surface area contributed by atoms with Crippen molar-refractivity contribution < 1.29 is 19.1 Å². The summed E-state index contributed by atoms with van der Waals surface area (Å²) in [5.41, 5.74) is 0.394.